The van der Waals surface area contributed by atoms with Crippen LogP contribution in [-0.2, 0) is 25.7 Å². The third-order valence-corrected chi connectivity index (χ3v) is 10.1. The van der Waals surface area contributed by atoms with Gasteiger partial charge in [0, 0.05) is 25.4 Å². The van der Waals surface area contributed by atoms with Crippen molar-refractivity contribution in [2.24, 2.45) is 0 Å². The lowest BCUT2D eigenvalue weighted by molar-refractivity contribution is -0.894. The van der Waals surface area contributed by atoms with Crippen LogP contribution in [-0.4, -0.2) is 65.2 Å². The zero-order chi connectivity index (χ0) is 32.9. The van der Waals surface area contributed by atoms with Crippen molar-refractivity contribution in [1.29, 1.82) is 0 Å². The maximum atomic E-state index is 14.4. The maximum Gasteiger partial charge on any atom is 0.204 e. The Morgan fingerprint density at radius 1 is 0.745 bits per heavy atom. The third-order valence-electron chi connectivity index (χ3n) is 10.1. The van der Waals surface area contributed by atoms with Crippen molar-refractivity contribution in [2.75, 3.05) is 55.6 Å². The minimum Gasteiger partial charge on any atom is -0.633 e. The summed E-state index contributed by atoms with van der Waals surface area (Å²) < 4.78 is 36.3. The van der Waals surface area contributed by atoms with Crippen molar-refractivity contribution < 1.29 is 33.1 Å². The van der Waals surface area contributed by atoms with E-state index in [1.54, 1.807) is 35.5 Å². The van der Waals surface area contributed by atoms with Gasteiger partial charge in [0.15, 0.2) is 34.5 Å². The summed E-state index contributed by atoms with van der Waals surface area (Å²) >= 11 is 0. The Bertz CT molecular complexity index is 1800. The van der Waals surface area contributed by atoms with Crippen LogP contribution in [0.2, 0.25) is 0 Å². The van der Waals surface area contributed by atoms with Crippen LogP contribution in [0.5, 0.6) is 46.0 Å². The first-order chi connectivity index (χ1) is 22.7. The second-order valence-corrected chi connectivity index (χ2v) is 12.9. The molecule has 0 spiro atoms. The fourth-order valence-corrected chi connectivity index (χ4v) is 7.41. The first-order valence-electron chi connectivity index (χ1n) is 16.1. The van der Waals surface area contributed by atoms with E-state index in [9.17, 15) is 5.21 Å². The molecule has 8 rings (SSSR count). The van der Waals surface area contributed by atoms with Crippen LogP contribution < -0.4 is 28.4 Å². The number of benzene rings is 4. The Morgan fingerprint density at radius 2 is 1.45 bits per heavy atom. The molecule has 0 fully saturated rings. The second kappa shape index (κ2) is 12.3. The van der Waals surface area contributed by atoms with Crippen molar-refractivity contribution >= 4 is 0 Å². The molecule has 0 aromatic heterocycles. The number of nitrogens with zero attached hydrogens (tertiary/aromatic N) is 2. The first-order valence-corrected chi connectivity index (χ1v) is 16.1. The highest BCUT2D eigenvalue weighted by Crippen LogP contribution is 2.53. The van der Waals surface area contributed by atoms with Gasteiger partial charge in [-0.15, -0.1) is 0 Å². The Balaban J connectivity index is 1.49. The van der Waals surface area contributed by atoms with Gasteiger partial charge in [-0.1, -0.05) is 18.2 Å². The van der Waals surface area contributed by atoms with E-state index in [1.165, 1.54) is 16.7 Å². The summed E-state index contributed by atoms with van der Waals surface area (Å²) in [6.07, 6.45) is 2.72. The highest BCUT2D eigenvalue weighted by molar-refractivity contribution is 5.63. The van der Waals surface area contributed by atoms with Crippen LogP contribution in [0.1, 0.15) is 45.5 Å². The van der Waals surface area contributed by atoms with Gasteiger partial charge in [-0.2, -0.15) is 0 Å². The SMILES string of the molecule is COc1ccc2cc1Oc1ccc(cc1)CC1c3cc(c(OC)cc3CCN1C)Oc1c(OC)c(OC)cc3c1[C@H](C2)[N+](C)([O-])CC3. The van der Waals surface area contributed by atoms with Gasteiger partial charge < -0.3 is 38.3 Å². The molecule has 6 bridgehead atoms. The molecule has 0 saturated carbocycles. The van der Waals surface area contributed by atoms with Crippen molar-refractivity contribution in [3.63, 3.8) is 0 Å². The van der Waals surface area contributed by atoms with E-state index < -0.39 is 10.7 Å². The second-order valence-electron chi connectivity index (χ2n) is 12.9. The zero-order valence-electron chi connectivity index (χ0n) is 27.9. The number of methoxy groups -OCH3 is 4. The molecule has 0 radical (unpaired) electrons. The summed E-state index contributed by atoms with van der Waals surface area (Å²) in [5.74, 6) is 4.61. The van der Waals surface area contributed by atoms with Crippen LogP contribution in [0, 0.1) is 5.21 Å². The average molecular weight is 639 g/mol. The van der Waals surface area contributed by atoms with E-state index in [0.717, 1.165) is 41.8 Å². The van der Waals surface area contributed by atoms with Crippen molar-refractivity contribution in [1.82, 2.24) is 4.90 Å². The predicted molar refractivity (Wildman–Crippen MR) is 179 cm³/mol. The summed E-state index contributed by atoms with van der Waals surface area (Å²) in [6.45, 7) is 1.34. The highest BCUT2D eigenvalue weighted by atomic mass is 16.6. The Kier molecular flexibility index (Phi) is 8.16. The van der Waals surface area contributed by atoms with Crippen molar-refractivity contribution in [3.8, 4) is 46.0 Å². The molecule has 0 amide bonds. The smallest absolute Gasteiger partial charge is 0.204 e. The molecule has 9 nitrogen and oxygen atoms in total. The minimum atomic E-state index is -0.504. The Labute approximate surface area is 276 Å². The number of likely N-dealkylation sites (N-methyl/N-ethyl adjacent to an activating group) is 2. The molecule has 4 aliphatic rings. The highest BCUT2D eigenvalue weighted by Gasteiger charge is 2.39. The lowest BCUT2D eigenvalue weighted by atomic mass is 9.86. The van der Waals surface area contributed by atoms with Gasteiger partial charge in [-0.3, -0.25) is 4.90 Å². The predicted octanol–water partition coefficient (Wildman–Crippen LogP) is 7.18. The van der Waals surface area contributed by atoms with E-state index in [1.807, 2.05) is 36.4 Å². The molecule has 47 heavy (non-hydrogen) atoms. The summed E-state index contributed by atoms with van der Waals surface area (Å²) in [6, 6.07) is 19.9. The zero-order valence-corrected chi connectivity index (χ0v) is 27.9. The molecule has 4 aliphatic heterocycles. The minimum absolute atomic E-state index is 0.116. The van der Waals surface area contributed by atoms with Crippen LogP contribution >= 0.6 is 0 Å². The summed E-state index contributed by atoms with van der Waals surface area (Å²) in [4.78, 5) is 2.39. The molecule has 246 valence electrons. The fourth-order valence-electron chi connectivity index (χ4n) is 7.41. The number of hydrogen-bond donors (Lipinski definition) is 0. The largest absolute Gasteiger partial charge is 0.633 e. The number of rotatable bonds is 4. The Hall–Kier alpha value is -4.44. The molecule has 0 saturated heterocycles. The summed E-state index contributed by atoms with van der Waals surface area (Å²) in [5.41, 5.74) is 6.37. The van der Waals surface area contributed by atoms with Crippen LogP contribution in [0.15, 0.2) is 60.7 Å². The molecule has 4 aromatic rings. The summed E-state index contributed by atoms with van der Waals surface area (Å²) in [7, 11) is 10.4. The van der Waals surface area contributed by atoms with E-state index in [4.69, 9.17) is 28.4 Å². The molecule has 0 aliphatic carbocycles. The van der Waals surface area contributed by atoms with Crippen LogP contribution in [0.4, 0.5) is 0 Å². The standard InChI is InChI=1S/C38H42N2O7/c1-39-15-13-25-20-32(43-4)34-22-28(25)29(39)17-23-7-10-27(11-8-23)46-33-19-24(9-12-31(33)42-3)18-30-36-26(14-16-40(30,2)41)21-35(44-5)37(45-6)38(36)47-34/h7-12,19-22,29-30H,13-18H2,1-6H3/t29?,30-,40?/m0/s1. The lowest BCUT2D eigenvalue weighted by Gasteiger charge is -2.49. The van der Waals surface area contributed by atoms with Crippen LogP contribution in [0.25, 0.3) is 0 Å². The van der Waals surface area contributed by atoms with E-state index in [0.29, 0.717) is 59.6 Å². The van der Waals surface area contributed by atoms with Gasteiger partial charge in [0.2, 0.25) is 5.75 Å². The van der Waals surface area contributed by atoms with Gasteiger partial charge in [0.05, 0.1) is 47.6 Å². The average Bonchev–Trinajstić information content (AvgIpc) is 3.07. The normalized spacial score (nSPS) is 21.8. The molecular weight excluding hydrogens is 596 g/mol. The monoisotopic (exact) mass is 638 g/mol. The molecule has 4 aromatic carbocycles. The maximum absolute atomic E-state index is 14.4. The van der Waals surface area contributed by atoms with Crippen molar-refractivity contribution in [3.05, 3.63) is 99.3 Å². The molecular formula is C38H42N2O7. The number of hydroxylamine groups is 3. The van der Waals surface area contributed by atoms with E-state index >= 15 is 0 Å². The van der Waals surface area contributed by atoms with Crippen molar-refractivity contribution in [2.45, 2.75) is 37.8 Å². The van der Waals surface area contributed by atoms with Gasteiger partial charge in [0.1, 0.15) is 11.8 Å². The Morgan fingerprint density at radius 3 is 2.17 bits per heavy atom. The number of hydrogen-bond acceptors (Lipinski definition) is 8. The number of ether oxygens (including phenoxy) is 6. The first kappa shape index (κ1) is 31.2. The number of fused-ring (bicyclic) bond motifs is 2. The lowest BCUT2D eigenvalue weighted by Crippen LogP contribution is -2.47. The van der Waals surface area contributed by atoms with Gasteiger partial charge in [-0.25, -0.2) is 0 Å². The van der Waals surface area contributed by atoms with E-state index in [2.05, 4.69) is 36.2 Å². The third kappa shape index (κ3) is 5.62. The number of quaternary nitrogens is 1. The molecule has 2 unspecified atom stereocenters. The molecule has 0 N–H and O–H groups in total. The molecule has 4 heterocycles. The van der Waals surface area contributed by atoms with Gasteiger partial charge in [0.25, 0.3) is 0 Å². The molecule has 9 heteroatoms. The van der Waals surface area contributed by atoms with Gasteiger partial charge in [-0.05, 0) is 90.2 Å². The summed E-state index contributed by atoms with van der Waals surface area (Å²) in [5, 5.41) is 14.4. The van der Waals surface area contributed by atoms with Gasteiger partial charge >= 0.3 is 0 Å². The van der Waals surface area contributed by atoms with E-state index in [-0.39, 0.29) is 6.04 Å². The molecule has 3 atom stereocenters. The topological polar surface area (TPSA) is 81.7 Å². The van der Waals surface area contributed by atoms with Crippen LogP contribution in [0.3, 0.4) is 0 Å². The fraction of sp³-hybridized carbons (Fsp3) is 0.368. The quantitative estimate of drug-likeness (QED) is 0.172.